The molecule has 4 nitrogen and oxygen atoms in total. The molecule has 0 unspecified atom stereocenters. The molecule has 0 bridgehead atoms. The summed E-state index contributed by atoms with van der Waals surface area (Å²) in [5, 5.41) is 9.14. The predicted octanol–water partition coefficient (Wildman–Crippen LogP) is 2.35. The monoisotopic (exact) mass is 271 g/mol. The van der Waals surface area contributed by atoms with Gasteiger partial charge < -0.3 is 5.11 Å². The second kappa shape index (κ2) is 5.28. The summed E-state index contributed by atoms with van der Waals surface area (Å²) in [5.41, 5.74) is -0.107. The van der Waals surface area contributed by atoms with Gasteiger partial charge in [0.2, 0.25) is 10.0 Å². The Morgan fingerprint density at radius 1 is 1.22 bits per heavy atom. The summed E-state index contributed by atoms with van der Waals surface area (Å²) >= 11 is 0. The van der Waals surface area contributed by atoms with Crippen LogP contribution in [0.25, 0.3) is 0 Å². The molecule has 0 spiro atoms. The molecule has 0 aliphatic carbocycles. The van der Waals surface area contributed by atoms with Crippen LogP contribution in [0.5, 0.6) is 5.75 Å². The molecule has 0 saturated heterocycles. The molecule has 0 aromatic heterocycles. The molecule has 0 fully saturated rings. The first-order valence-corrected chi connectivity index (χ1v) is 7.42. The van der Waals surface area contributed by atoms with E-state index in [4.69, 9.17) is 5.11 Å². The Hall–Kier alpha value is -1.07. The molecule has 0 amide bonds. The molecule has 0 saturated carbocycles. The maximum atomic E-state index is 12.0. The number of benzene rings is 1. The van der Waals surface area contributed by atoms with Crippen LogP contribution in [-0.2, 0) is 10.0 Å². The Bertz CT molecular complexity index is 489. The molecule has 1 aromatic carbocycles. The first-order chi connectivity index (χ1) is 8.15. The topological polar surface area (TPSA) is 66.4 Å². The van der Waals surface area contributed by atoms with Crippen molar-refractivity contribution in [2.75, 3.05) is 6.54 Å². The quantitative estimate of drug-likeness (QED) is 0.864. The lowest BCUT2D eigenvalue weighted by atomic mass is 9.81. The van der Waals surface area contributed by atoms with Crippen LogP contribution in [-0.4, -0.2) is 20.1 Å². The second-order valence-electron chi connectivity index (χ2n) is 5.46. The van der Waals surface area contributed by atoms with E-state index < -0.39 is 10.0 Å². The summed E-state index contributed by atoms with van der Waals surface area (Å²) in [6, 6.07) is 5.50. The van der Waals surface area contributed by atoms with Crippen molar-refractivity contribution >= 4 is 10.0 Å². The highest BCUT2D eigenvalue weighted by molar-refractivity contribution is 7.89. The molecule has 18 heavy (non-hydrogen) atoms. The summed E-state index contributed by atoms with van der Waals surface area (Å²) in [6.07, 6.45) is 0. The van der Waals surface area contributed by atoms with Crippen molar-refractivity contribution in [1.29, 1.82) is 0 Å². The third kappa shape index (κ3) is 3.71. The average molecular weight is 271 g/mol. The maximum absolute atomic E-state index is 12.0. The summed E-state index contributed by atoms with van der Waals surface area (Å²) < 4.78 is 26.6. The van der Waals surface area contributed by atoms with Gasteiger partial charge in [0.05, 0.1) is 4.90 Å². The van der Waals surface area contributed by atoms with Crippen molar-refractivity contribution in [2.24, 2.45) is 11.3 Å². The van der Waals surface area contributed by atoms with E-state index in [1.165, 1.54) is 24.3 Å². The first-order valence-electron chi connectivity index (χ1n) is 5.94. The first kappa shape index (κ1) is 15.0. The van der Waals surface area contributed by atoms with Gasteiger partial charge in [-0.3, -0.25) is 0 Å². The van der Waals surface area contributed by atoms with Gasteiger partial charge >= 0.3 is 0 Å². The third-order valence-corrected chi connectivity index (χ3v) is 4.84. The van der Waals surface area contributed by atoms with Crippen LogP contribution in [0.1, 0.15) is 27.7 Å². The van der Waals surface area contributed by atoms with Gasteiger partial charge in [-0.1, -0.05) is 27.7 Å². The van der Waals surface area contributed by atoms with E-state index in [2.05, 4.69) is 18.6 Å². The van der Waals surface area contributed by atoms with Crippen molar-refractivity contribution < 1.29 is 13.5 Å². The Kier molecular flexibility index (Phi) is 4.40. The van der Waals surface area contributed by atoms with E-state index >= 15 is 0 Å². The van der Waals surface area contributed by atoms with Crippen LogP contribution < -0.4 is 4.72 Å². The third-order valence-electron chi connectivity index (χ3n) is 3.43. The van der Waals surface area contributed by atoms with E-state index in [-0.39, 0.29) is 16.1 Å². The smallest absolute Gasteiger partial charge is 0.240 e. The normalized spacial score (nSPS) is 12.9. The molecule has 1 aromatic rings. The average Bonchev–Trinajstić information content (AvgIpc) is 2.27. The fourth-order valence-corrected chi connectivity index (χ4v) is 2.42. The van der Waals surface area contributed by atoms with Gasteiger partial charge in [0.15, 0.2) is 0 Å². The van der Waals surface area contributed by atoms with Gasteiger partial charge in [-0.15, -0.1) is 0 Å². The number of phenolic OH excluding ortho intramolecular Hbond substituents is 1. The molecule has 0 aliphatic heterocycles. The molecular formula is C13H21NO3S. The summed E-state index contributed by atoms with van der Waals surface area (Å²) in [4.78, 5) is 0.167. The van der Waals surface area contributed by atoms with Crippen molar-refractivity contribution in [1.82, 2.24) is 4.72 Å². The van der Waals surface area contributed by atoms with Crippen LogP contribution in [0.4, 0.5) is 0 Å². The number of hydrogen-bond donors (Lipinski definition) is 2. The van der Waals surface area contributed by atoms with E-state index in [0.29, 0.717) is 12.5 Å². The highest BCUT2D eigenvalue weighted by Crippen LogP contribution is 2.25. The Labute approximate surface area is 109 Å². The number of nitrogens with one attached hydrogen (secondary N) is 1. The van der Waals surface area contributed by atoms with Crippen molar-refractivity contribution in [3.63, 3.8) is 0 Å². The molecule has 0 heterocycles. The molecule has 0 atom stereocenters. The largest absolute Gasteiger partial charge is 0.508 e. The van der Waals surface area contributed by atoms with Crippen LogP contribution in [0.15, 0.2) is 29.2 Å². The zero-order chi connectivity index (χ0) is 14.0. The minimum atomic E-state index is -3.50. The van der Waals surface area contributed by atoms with E-state index in [0.717, 1.165) is 0 Å². The zero-order valence-corrected chi connectivity index (χ0v) is 12.1. The Morgan fingerprint density at radius 2 is 1.72 bits per heavy atom. The van der Waals surface area contributed by atoms with Crippen molar-refractivity contribution in [2.45, 2.75) is 32.6 Å². The Balaban J connectivity index is 2.81. The van der Waals surface area contributed by atoms with Gasteiger partial charge in [0.1, 0.15) is 5.75 Å². The molecule has 2 N–H and O–H groups in total. The number of aromatic hydroxyl groups is 1. The number of sulfonamides is 1. The standard InChI is InChI=1S/C13H21NO3S/c1-10(2)13(3,4)9-14-18(16,17)12-7-5-11(15)6-8-12/h5-8,10,14-15H,9H2,1-4H3. The fraction of sp³-hybridized carbons (Fsp3) is 0.538. The summed E-state index contributed by atoms with van der Waals surface area (Å²) in [5.74, 6) is 0.427. The van der Waals surface area contributed by atoms with E-state index in [9.17, 15) is 8.42 Å². The fourth-order valence-electron chi connectivity index (χ4n) is 1.19. The lowest BCUT2D eigenvalue weighted by Crippen LogP contribution is -2.36. The highest BCUT2D eigenvalue weighted by Gasteiger charge is 2.25. The molecular weight excluding hydrogens is 250 g/mol. The van der Waals surface area contributed by atoms with E-state index in [1.807, 2.05) is 13.8 Å². The van der Waals surface area contributed by atoms with Gasteiger partial charge in [-0.2, -0.15) is 0 Å². The Morgan fingerprint density at radius 3 is 2.17 bits per heavy atom. The summed E-state index contributed by atoms with van der Waals surface area (Å²) in [7, 11) is -3.50. The SMILES string of the molecule is CC(C)C(C)(C)CNS(=O)(=O)c1ccc(O)cc1. The molecule has 0 aliphatic rings. The van der Waals surface area contributed by atoms with Crippen molar-refractivity contribution in [3.8, 4) is 5.75 Å². The lowest BCUT2D eigenvalue weighted by molar-refractivity contribution is 0.252. The van der Waals surface area contributed by atoms with Crippen molar-refractivity contribution in [3.05, 3.63) is 24.3 Å². The lowest BCUT2D eigenvalue weighted by Gasteiger charge is -2.29. The van der Waals surface area contributed by atoms with Gasteiger partial charge in [0.25, 0.3) is 0 Å². The van der Waals surface area contributed by atoms with Crippen LogP contribution in [0.2, 0.25) is 0 Å². The molecule has 102 valence electrons. The minimum absolute atomic E-state index is 0.0523. The predicted molar refractivity (Wildman–Crippen MR) is 71.9 cm³/mol. The van der Waals surface area contributed by atoms with Crippen LogP contribution >= 0.6 is 0 Å². The molecule has 1 rings (SSSR count). The van der Waals surface area contributed by atoms with Crippen LogP contribution in [0.3, 0.4) is 0 Å². The minimum Gasteiger partial charge on any atom is -0.508 e. The highest BCUT2D eigenvalue weighted by atomic mass is 32.2. The van der Waals surface area contributed by atoms with E-state index in [1.54, 1.807) is 0 Å². The zero-order valence-electron chi connectivity index (χ0n) is 11.3. The maximum Gasteiger partial charge on any atom is 0.240 e. The number of phenols is 1. The molecule has 5 heteroatoms. The van der Waals surface area contributed by atoms with Gasteiger partial charge in [-0.05, 0) is 35.6 Å². The second-order valence-corrected chi connectivity index (χ2v) is 7.23. The van der Waals surface area contributed by atoms with Gasteiger partial charge in [-0.25, -0.2) is 13.1 Å². The summed E-state index contributed by atoms with van der Waals surface area (Å²) in [6.45, 7) is 8.56. The molecule has 0 radical (unpaired) electrons. The van der Waals surface area contributed by atoms with Crippen LogP contribution in [0, 0.1) is 11.3 Å². The number of hydrogen-bond acceptors (Lipinski definition) is 3. The number of rotatable bonds is 5. The van der Waals surface area contributed by atoms with Gasteiger partial charge in [0, 0.05) is 6.54 Å².